The Balaban J connectivity index is 2.19. The molecule has 1 atom stereocenters. The predicted octanol–water partition coefficient (Wildman–Crippen LogP) is 1.94. The third kappa shape index (κ3) is 3.00. The van der Waals surface area contributed by atoms with Gasteiger partial charge in [0.1, 0.15) is 0 Å². The number of nitrogens with one attached hydrogen (secondary N) is 1. The molecule has 2 rings (SSSR count). The topological polar surface area (TPSA) is 72.9 Å². The first-order valence-electron chi connectivity index (χ1n) is 6.23. The van der Waals surface area contributed by atoms with Gasteiger partial charge in [0.05, 0.1) is 11.2 Å². The fourth-order valence-electron chi connectivity index (χ4n) is 1.58. The summed E-state index contributed by atoms with van der Waals surface area (Å²) in [6.07, 6.45) is 4.14. The smallest absolute Gasteiger partial charge is 0.244 e. The summed E-state index contributed by atoms with van der Waals surface area (Å²) in [5, 5.41) is 6.98. The first-order valence-corrected chi connectivity index (χ1v) is 6.23. The lowest BCUT2D eigenvalue weighted by molar-refractivity contribution is -0.120. The average Bonchev–Trinajstić information content (AvgIpc) is 2.93. The van der Waals surface area contributed by atoms with Gasteiger partial charge in [0.2, 0.25) is 5.91 Å². The molecule has 5 nitrogen and oxygen atoms in total. The van der Waals surface area contributed by atoms with Gasteiger partial charge in [-0.25, -0.2) is 4.68 Å². The zero-order valence-electron chi connectivity index (χ0n) is 11.1. The number of anilines is 1. The Kier molecular flexibility index (Phi) is 3.66. The summed E-state index contributed by atoms with van der Waals surface area (Å²) < 4.78 is 1.73. The molecule has 0 fully saturated rings. The lowest BCUT2D eigenvalue weighted by Crippen LogP contribution is -2.47. The lowest BCUT2D eigenvalue weighted by Gasteiger charge is -2.21. The van der Waals surface area contributed by atoms with Gasteiger partial charge in [0.15, 0.2) is 0 Å². The van der Waals surface area contributed by atoms with Gasteiger partial charge in [0.25, 0.3) is 0 Å². The molecule has 19 heavy (non-hydrogen) atoms. The fourth-order valence-corrected chi connectivity index (χ4v) is 1.58. The highest BCUT2D eigenvalue weighted by Crippen LogP contribution is 2.16. The Morgan fingerprint density at radius 1 is 1.47 bits per heavy atom. The second-order valence-corrected chi connectivity index (χ2v) is 4.73. The van der Waals surface area contributed by atoms with Crippen molar-refractivity contribution in [3.8, 4) is 5.69 Å². The number of hydrogen-bond acceptors (Lipinski definition) is 3. The number of rotatable bonds is 4. The number of carbonyl (C=O) groups excluding carboxylic acids is 1. The van der Waals surface area contributed by atoms with Crippen LogP contribution in [-0.4, -0.2) is 21.2 Å². The number of nitrogens with zero attached hydrogens (tertiary/aromatic N) is 2. The highest BCUT2D eigenvalue weighted by Gasteiger charge is 2.25. The Labute approximate surface area is 112 Å². The average molecular weight is 258 g/mol. The van der Waals surface area contributed by atoms with Crippen LogP contribution in [0, 0.1) is 0 Å². The highest BCUT2D eigenvalue weighted by atomic mass is 16.2. The molecule has 1 aromatic heterocycles. The van der Waals surface area contributed by atoms with Gasteiger partial charge < -0.3 is 11.1 Å². The van der Waals surface area contributed by atoms with Crippen molar-refractivity contribution in [2.45, 2.75) is 25.8 Å². The summed E-state index contributed by atoms with van der Waals surface area (Å²) in [6, 6.07) is 9.32. The van der Waals surface area contributed by atoms with Gasteiger partial charge in [-0.1, -0.05) is 13.0 Å². The van der Waals surface area contributed by atoms with Gasteiger partial charge >= 0.3 is 0 Å². The molecular weight excluding hydrogens is 240 g/mol. The Hall–Kier alpha value is -2.14. The van der Waals surface area contributed by atoms with E-state index in [1.165, 1.54) is 0 Å². The van der Waals surface area contributed by atoms with Crippen LogP contribution in [-0.2, 0) is 4.79 Å². The van der Waals surface area contributed by atoms with Crippen LogP contribution in [0.5, 0.6) is 0 Å². The molecule has 1 aromatic carbocycles. The van der Waals surface area contributed by atoms with E-state index in [0.717, 1.165) is 5.69 Å². The maximum absolute atomic E-state index is 12.0. The van der Waals surface area contributed by atoms with E-state index in [2.05, 4.69) is 10.4 Å². The van der Waals surface area contributed by atoms with Crippen LogP contribution in [0.1, 0.15) is 20.3 Å². The second-order valence-electron chi connectivity index (χ2n) is 4.73. The fraction of sp³-hybridized carbons (Fsp3) is 0.286. The minimum atomic E-state index is -0.859. The zero-order valence-corrected chi connectivity index (χ0v) is 11.1. The Morgan fingerprint density at radius 3 is 2.89 bits per heavy atom. The van der Waals surface area contributed by atoms with E-state index >= 15 is 0 Å². The van der Waals surface area contributed by atoms with Gasteiger partial charge in [0, 0.05) is 18.1 Å². The molecule has 1 heterocycles. The van der Waals surface area contributed by atoms with E-state index in [9.17, 15) is 4.79 Å². The van der Waals surface area contributed by atoms with Gasteiger partial charge in [-0.15, -0.1) is 0 Å². The van der Waals surface area contributed by atoms with Crippen LogP contribution < -0.4 is 11.1 Å². The van der Waals surface area contributed by atoms with Crippen molar-refractivity contribution in [2.75, 3.05) is 5.32 Å². The molecule has 0 aliphatic heterocycles. The number of aromatic nitrogens is 2. The van der Waals surface area contributed by atoms with Crippen molar-refractivity contribution < 1.29 is 4.79 Å². The quantitative estimate of drug-likeness (QED) is 0.880. The molecule has 0 aliphatic carbocycles. The van der Waals surface area contributed by atoms with Crippen LogP contribution >= 0.6 is 0 Å². The van der Waals surface area contributed by atoms with E-state index in [0.29, 0.717) is 12.1 Å². The van der Waals surface area contributed by atoms with E-state index in [-0.39, 0.29) is 5.91 Å². The van der Waals surface area contributed by atoms with Crippen molar-refractivity contribution in [1.29, 1.82) is 0 Å². The van der Waals surface area contributed by atoms with Crippen molar-refractivity contribution in [2.24, 2.45) is 5.73 Å². The molecule has 0 spiro atoms. The summed E-state index contributed by atoms with van der Waals surface area (Å²) in [4.78, 5) is 12.0. The Bertz CT molecular complexity index is 561. The van der Waals surface area contributed by atoms with Crippen LogP contribution in [0.2, 0.25) is 0 Å². The Morgan fingerprint density at radius 2 is 2.26 bits per heavy atom. The molecule has 0 radical (unpaired) electrons. The normalized spacial score (nSPS) is 13.8. The summed E-state index contributed by atoms with van der Waals surface area (Å²) in [5.41, 5.74) is 6.65. The number of hydrogen-bond donors (Lipinski definition) is 2. The van der Waals surface area contributed by atoms with Crippen molar-refractivity contribution in [3.05, 3.63) is 42.7 Å². The minimum absolute atomic E-state index is 0.187. The molecule has 1 amide bonds. The van der Waals surface area contributed by atoms with Crippen molar-refractivity contribution in [3.63, 3.8) is 0 Å². The predicted molar refractivity (Wildman–Crippen MR) is 75.1 cm³/mol. The number of amides is 1. The van der Waals surface area contributed by atoms with E-state index in [1.54, 1.807) is 17.8 Å². The molecule has 2 aromatic rings. The summed E-state index contributed by atoms with van der Waals surface area (Å²) in [6.45, 7) is 3.61. The lowest BCUT2D eigenvalue weighted by atomic mass is 9.99. The maximum Gasteiger partial charge on any atom is 0.244 e. The summed E-state index contributed by atoms with van der Waals surface area (Å²) >= 11 is 0. The molecule has 5 heteroatoms. The third-order valence-corrected chi connectivity index (χ3v) is 3.13. The molecule has 0 bridgehead atoms. The largest absolute Gasteiger partial charge is 0.324 e. The third-order valence-electron chi connectivity index (χ3n) is 3.13. The highest BCUT2D eigenvalue weighted by molar-refractivity contribution is 5.97. The van der Waals surface area contributed by atoms with E-state index < -0.39 is 5.54 Å². The molecule has 0 aliphatic rings. The molecule has 0 saturated heterocycles. The molecule has 3 N–H and O–H groups in total. The summed E-state index contributed by atoms with van der Waals surface area (Å²) in [7, 11) is 0. The van der Waals surface area contributed by atoms with Gasteiger partial charge in [-0.3, -0.25) is 4.79 Å². The van der Waals surface area contributed by atoms with E-state index in [1.807, 2.05) is 43.5 Å². The SMILES string of the molecule is CCC(C)(N)C(=O)Nc1cccc(-n2cccn2)c1. The first-order chi connectivity index (χ1) is 9.03. The van der Waals surface area contributed by atoms with E-state index in [4.69, 9.17) is 5.73 Å². The summed E-state index contributed by atoms with van der Waals surface area (Å²) in [5.74, 6) is -0.187. The molecule has 1 unspecified atom stereocenters. The molecular formula is C14H18N4O. The minimum Gasteiger partial charge on any atom is -0.324 e. The van der Waals surface area contributed by atoms with Crippen LogP contribution in [0.15, 0.2) is 42.7 Å². The second kappa shape index (κ2) is 5.24. The standard InChI is InChI=1S/C14H18N4O/c1-3-14(2,15)13(19)17-11-6-4-7-12(10-11)18-9-5-8-16-18/h4-10H,3,15H2,1-2H3,(H,17,19). The van der Waals surface area contributed by atoms with Gasteiger partial charge in [-0.05, 0) is 37.6 Å². The number of nitrogens with two attached hydrogens (primary N) is 1. The molecule has 0 saturated carbocycles. The monoisotopic (exact) mass is 258 g/mol. The number of benzene rings is 1. The van der Waals surface area contributed by atoms with Crippen molar-refractivity contribution in [1.82, 2.24) is 9.78 Å². The van der Waals surface area contributed by atoms with Crippen LogP contribution in [0.3, 0.4) is 0 Å². The van der Waals surface area contributed by atoms with Crippen molar-refractivity contribution >= 4 is 11.6 Å². The van der Waals surface area contributed by atoms with Gasteiger partial charge in [-0.2, -0.15) is 5.10 Å². The zero-order chi connectivity index (χ0) is 13.9. The number of carbonyl (C=O) groups is 1. The van der Waals surface area contributed by atoms with Crippen LogP contribution in [0.25, 0.3) is 5.69 Å². The molecule has 100 valence electrons. The first kappa shape index (κ1) is 13.3. The maximum atomic E-state index is 12.0. The van der Waals surface area contributed by atoms with Crippen LogP contribution in [0.4, 0.5) is 5.69 Å².